The van der Waals surface area contributed by atoms with Crippen molar-refractivity contribution in [3.05, 3.63) is 0 Å². The van der Waals surface area contributed by atoms with Crippen LogP contribution in [0.15, 0.2) is 0 Å². The molecule has 4 nitrogen and oxygen atoms in total. The summed E-state index contributed by atoms with van der Waals surface area (Å²) in [5.74, 6) is 2.86. The number of methoxy groups -OCH3 is 1. The Labute approximate surface area is 176 Å². The lowest BCUT2D eigenvalue weighted by molar-refractivity contribution is -0.161. The topological polar surface area (TPSA) is 63.6 Å². The summed E-state index contributed by atoms with van der Waals surface area (Å²) >= 11 is 0. The van der Waals surface area contributed by atoms with Gasteiger partial charge in [-0.15, -0.1) is 0 Å². The molecule has 9 atom stereocenters. The van der Waals surface area contributed by atoms with E-state index in [1.807, 2.05) is 7.11 Å². The standard InChI is InChI=1S/C25H40O4/c1-15(5-10-23(27)28)19-8-9-20-18-7-6-16-13-17(29-4)11-12-24(16,2)21(18)14-22(26)25(19,20)3/h15-21H,5-14H2,1-4H3,(H,27,28)/t15-,16+,17-,18+,19-,20+,21+,24+,25-/m1/s1. The quantitative estimate of drug-likeness (QED) is 0.672. The number of fused-ring (bicyclic) bond motifs is 5. The summed E-state index contributed by atoms with van der Waals surface area (Å²) in [6, 6.07) is 0. The maximum Gasteiger partial charge on any atom is 0.303 e. The predicted molar refractivity (Wildman–Crippen MR) is 112 cm³/mol. The van der Waals surface area contributed by atoms with Crippen LogP contribution in [-0.4, -0.2) is 30.1 Å². The van der Waals surface area contributed by atoms with E-state index in [1.54, 1.807) is 0 Å². The Hall–Kier alpha value is -0.900. The molecule has 0 bridgehead atoms. The predicted octanol–water partition coefficient (Wildman–Crippen LogP) is 5.34. The van der Waals surface area contributed by atoms with Gasteiger partial charge in [0.25, 0.3) is 0 Å². The Morgan fingerprint density at radius 1 is 1.17 bits per heavy atom. The average Bonchev–Trinajstić information content (AvgIpc) is 3.05. The van der Waals surface area contributed by atoms with Crippen LogP contribution in [0.3, 0.4) is 0 Å². The monoisotopic (exact) mass is 404 g/mol. The Balaban J connectivity index is 1.56. The first-order valence-corrected chi connectivity index (χ1v) is 12.0. The molecule has 4 aliphatic carbocycles. The van der Waals surface area contributed by atoms with Crippen molar-refractivity contribution in [2.75, 3.05) is 7.11 Å². The van der Waals surface area contributed by atoms with Crippen LogP contribution in [0.1, 0.15) is 85.0 Å². The Morgan fingerprint density at radius 3 is 2.62 bits per heavy atom. The van der Waals surface area contributed by atoms with Crippen LogP contribution in [0, 0.1) is 46.3 Å². The number of carboxylic acid groups (broad SMARTS) is 1. The number of carbonyl (C=O) groups is 2. The SMILES string of the molecule is CO[C@@H]1CC[C@@]2(C)[C@@H](CC[C@@H]3[C@@H]2CC(=O)[C@]2(C)[C@@H]([C@H](C)CCC(=O)O)CC[C@@H]32)C1. The van der Waals surface area contributed by atoms with Gasteiger partial charge in [-0.3, -0.25) is 9.59 Å². The van der Waals surface area contributed by atoms with Crippen LogP contribution < -0.4 is 0 Å². The normalized spacial score (nSPS) is 47.8. The van der Waals surface area contributed by atoms with Gasteiger partial charge in [0, 0.05) is 25.4 Å². The van der Waals surface area contributed by atoms with Crippen LogP contribution in [-0.2, 0) is 14.3 Å². The van der Waals surface area contributed by atoms with Crippen LogP contribution in [0.4, 0.5) is 0 Å². The maximum absolute atomic E-state index is 13.7. The summed E-state index contributed by atoms with van der Waals surface area (Å²) in [5.41, 5.74) is 0.0635. The molecule has 4 aliphatic rings. The molecule has 0 aromatic heterocycles. The lowest BCUT2D eigenvalue weighted by atomic mass is 9.44. The van der Waals surface area contributed by atoms with E-state index in [2.05, 4.69) is 20.8 Å². The van der Waals surface area contributed by atoms with Gasteiger partial charge in [-0.1, -0.05) is 20.8 Å². The van der Waals surface area contributed by atoms with E-state index in [-0.39, 0.29) is 11.8 Å². The molecule has 0 aromatic carbocycles. The van der Waals surface area contributed by atoms with Crippen molar-refractivity contribution < 1.29 is 19.4 Å². The summed E-state index contributed by atoms with van der Waals surface area (Å²) in [4.78, 5) is 24.8. The minimum Gasteiger partial charge on any atom is -0.481 e. The Kier molecular flexibility index (Phi) is 5.63. The van der Waals surface area contributed by atoms with Gasteiger partial charge in [0.2, 0.25) is 0 Å². The Morgan fingerprint density at radius 2 is 1.93 bits per heavy atom. The van der Waals surface area contributed by atoms with Gasteiger partial charge in [-0.05, 0) is 92.3 Å². The summed E-state index contributed by atoms with van der Waals surface area (Å²) in [7, 11) is 1.85. The molecule has 0 amide bonds. The van der Waals surface area contributed by atoms with E-state index in [0.717, 1.165) is 25.7 Å². The average molecular weight is 405 g/mol. The lowest BCUT2D eigenvalue weighted by Crippen LogP contribution is -2.57. The minimum atomic E-state index is -0.718. The van der Waals surface area contributed by atoms with E-state index in [0.29, 0.717) is 59.2 Å². The van der Waals surface area contributed by atoms with Crippen molar-refractivity contribution in [2.24, 2.45) is 46.3 Å². The fourth-order valence-corrected chi connectivity index (χ4v) is 8.63. The van der Waals surface area contributed by atoms with Gasteiger partial charge in [-0.25, -0.2) is 0 Å². The highest BCUT2D eigenvalue weighted by Crippen LogP contribution is 2.67. The molecule has 4 heteroatoms. The van der Waals surface area contributed by atoms with Crippen LogP contribution in [0.2, 0.25) is 0 Å². The lowest BCUT2D eigenvalue weighted by Gasteiger charge is -2.60. The zero-order valence-electron chi connectivity index (χ0n) is 18.8. The molecular formula is C25H40O4. The van der Waals surface area contributed by atoms with Gasteiger partial charge in [0.1, 0.15) is 5.78 Å². The van der Waals surface area contributed by atoms with Gasteiger partial charge in [-0.2, -0.15) is 0 Å². The fraction of sp³-hybridized carbons (Fsp3) is 0.920. The second kappa shape index (κ2) is 7.66. The molecule has 164 valence electrons. The number of carboxylic acids is 1. The molecule has 0 heterocycles. The van der Waals surface area contributed by atoms with Crippen LogP contribution >= 0.6 is 0 Å². The first-order valence-electron chi connectivity index (χ1n) is 12.0. The van der Waals surface area contributed by atoms with Gasteiger partial charge in [0.15, 0.2) is 0 Å². The van der Waals surface area contributed by atoms with Gasteiger partial charge >= 0.3 is 5.97 Å². The second-order valence-corrected chi connectivity index (χ2v) is 11.3. The highest BCUT2D eigenvalue weighted by molar-refractivity contribution is 5.87. The minimum absolute atomic E-state index is 0.221. The summed E-state index contributed by atoms with van der Waals surface area (Å²) < 4.78 is 5.70. The van der Waals surface area contributed by atoms with Crippen molar-refractivity contribution in [1.29, 1.82) is 0 Å². The molecular weight excluding hydrogens is 364 g/mol. The molecule has 4 saturated carbocycles. The van der Waals surface area contributed by atoms with E-state index >= 15 is 0 Å². The fourth-order valence-electron chi connectivity index (χ4n) is 8.63. The number of aliphatic carboxylic acids is 1. The second-order valence-electron chi connectivity index (χ2n) is 11.3. The summed E-state index contributed by atoms with van der Waals surface area (Å²) in [6.45, 7) is 6.92. The van der Waals surface area contributed by atoms with E-state index < -0.39 is 5.97 Å². The highest BCUT2D eigenvalue weighted by Gasteiger charge is 2.63. The van der Waals surface area contributed by atoms with Crippen molar-refractivity contribution >= 4 is 11.8 Å². The molecule has 0 aromatic rings. The summed E-state index contributed by atoms with van der Waals surface area (Å²) in [6.07, 6.45) is 10.4. The number of ether oxygens (including phenoxy) is 1. The molecule has 1 N–H and O–H groups in total. The molecule has 0 radical (unpaired) electrons. The Bertz CT molecular complexity index is 659. The number of ketones is 1. The molecule has 4 rings (SSSR count). The number of rotatable bonds is 5. The van der Waals surface area contributed by atoms with Gasteiger partial charge in [0.05, 0.1) is 6.10 Å². The van der Waals surface area contributed by atoms with E-state index in [1.165, 1.54) is 25.7 Å². The first kappa shape index (κ1) is 21.3. The summed E-state index contributed by atoms with van der Waals surface area (Å²) in [5, 5.41) is 9.11. The molecule has 0 aliphatic heterocycles. The smallest absolute Gasteiger partial charge is 0.303 e. The maximum atomic E-state index is 13.7. The van der Waals surface area contributed by atoms with Gasteiger partial charge < -0.3 is 9.84 Å². The number of hydrogen-bond acceptors (Lipinski definition) is 3. The zero-order valence-corrected chi connectivity index (χ0v) is 18.8. The molecule has 0 spiro atoms. The first-order chi connectivity index (χ1) is 13.7. The third-order valence-electron chi connectivity index (χ3n) is 10.4. The van der Waals surface area contributed by atoms with Crippen LogP contribution in [0.25, 0.3) is 0 Å². The van der Waals surface area contributed by atoms with Crippen molar-refractivity contribution in [3.63, 3.8) is 0 Å². The molecule has 0 saturated heterocycles. The molecule has 0 unspecified atom stereocenters. The third kappa shape index (κ3) is 3.28. The number of hydrogen-bond donors (Lipinski definition) is 1. The number of Topliss-reactive ketones (excluding diaryl/α,β-unsaturated/α-hetero) is 1. The van der Waals surface area contributed by atoms with Crippen molar-refractivity contribution in [1.82, 2.24) is 0 Å². The van der Waals surface area contributed by atoms with Crippen LogP contribution in [0.5, 0.6) is 0 Å². The molecule has 29 heavy (non-hydrogen) atoms. The third-order valence-corrected chi connectivity index (χ3v) is 10.4. The molecule has 4 fully saturated rings. The van der Waals surface area contributed by atoms with Crippen molar-refractivity contribution in [2.45, 2.75) is 91.1 Å². The van der Waals surface area contributed by atoms with E-state index in [9.17, 15) is 9.59 Å². The van der Waals surface area contributed by atoms with Crippen molar-refractivity contribution in [3.8, 4) is 0 Å². The van der Waals surface area contributed by atoms with E-state index in [4.69, 9.17) is 9.84 Å². The zero-order chi connectivity index (χ0) is 21.0. The largest absolute Gasteiger partial charge is 0.481 e. The highest BCUT2D eigenvalue weighted by atomic mass is 16.5. The number of carbonyl (C=O) groups excluding carboxylic acids is 1.